The fraction of sp³-hybridized carbons (Fsp3) is 0.750. The predicted molar refractivity (Wildman–Crippen MR) is 303 cm³/mol. The van der Waals surface area contributed by atoms with Gasteiger partial charge < -0.3 is 24.9 Å². The van der Waals surface area contributed by atoms with E-state index in [1.165, 1.54) is 135 Å². The lowest BCUT2D eigenvalue weighted by Crippen LogP contribution is -2.69. The van der Waals surface area contributed by atoms with Crippen LogP contribution in [0.2, 0.25) is 5.04 Å². The molecule has 8 heteroatoms. The number of benzene rings is 2. The molecule has 2 aromatic rings. The maximum Gasteiger partial charge on any atom is 0.261 e. The quantitative estimate of drug-likeness (QED) is 0.0412. The van der Waals surface area contributed by atoms with Crippen molar-refractivity contribution in [2.24, 2.45) is 46.3 Å². The Hall–Kier alpha value is -2.78. The van der Waals surface area contributed by atoms with Crippen LogP contribution in [-0.2, 0) is 18.8 Å². The first kappa shape index (κ1) is 58.5. The van der Waals surface area contributed by atoms with Gasteiger partial charge >= 0.3 is 0 Å². The van der Waals surface area contributed by atoms with Crippen LogP contribution < -0.4 is 21.0 Å². The van der Waals surface area contributed by atoms with Crippen molar-refractivity contribution in [1.82, 2.24) is 10.6 Å². The minimum atomic E-state index is -3.06. The molecule has 3 N–H and O–H groups in total. The van der Waals surface area contributed by atoms with Gasteiger partial charge in [0, 0.05) is 0 Å². The van der Waals surface area contributed by atoms with Gasteiger partial charge in [-0.3, -0.25) is 9.59 Å². The molecule has 0 aromatic heterocycles. The molecule has 2 aromatic carbocycles. The van der Waals surface area contributed by atoms with Gasteiger partial charge in [0.25, 0.3) is 8.32 Å². The lowest BCUT2D eigenvalue weighted by atomic mass is 9.44. The summed E-state index contributed by atoms with van der Waals surface area (Å²) < 4.78 is 13.9. The Labute approximate surface area is 441 Å². The fourth-order valence-corrected chi connectivity index (χ4v) is 19.8. The smallest absolute Gasteiger partial charge is 0.261 e. The number of aliphatic hydroxyl groups excluding tert-OH is 1. The maximum atomic E-state index is 13.8. The van der Waals surface area contributed by atoms with Crippen LogP contribution in [0.15, 0.2) is 72.8 Å². The van der Waals surface area contributed by atoms with Crippen molar-refractivity contribution >= 4 is 30.5 Å². The van der Waals surface area contributed by atoms with E-state index in [4.69, 9.17) is 9.16 Å². The van der Waals surface area contributed by atoms with Crippen LogP contribution in [0.3, 0.4) is 0 Å². The molecule has 4 aliphatic rings. The van der Waals surface area contributed by atoms with E-state index in [1.807, 2.05) is 12.1 Å². The van der Waals surface area contributed by atoms with E-state index in [1.54, 1.807) is 0 Å². The second-order valence-electron chi connectivity index (χ2n) is 25.5. The summed E-state index contributed by atoms with van der Waals surface area (Å²) in [6, 6.07) is 20.3. The Bertz CT molecular complexity index is 1880. The van der Waals surface area contributed by atoms with E-state index < -0.39 is 20.5 Å². The van der Waals surface area contributed by atoms with E-state index in [-0.39, 0.29) is 42.7 Å². The van der Waals surface area contributed by atoms with Gasteiger partial charge in [-0.1, -0.05) is 212 Å². The molecule has 0 saturated heterocycles. The average Bonchev–Trinajstić information content (AvgIpc) is 3.71. The Morgan fingerprint density at radius 3 is 1.97 bits per heavy atom. The first-order valence-electron chi connectivity index (χ1n) is 29.9. The van der Waals surface area contributed by atoms with Crippen LogP contribution >= 0.6 is 0 Å². The maximum absolute atomic E-state index is 13.8. The summed E-state index contributed by atoms with van der Waals surface area (Å²) in [5, 5.41) is 19.0. The van der Waals surface area contributed by atoms with Gasteiger partial charge in [0.05, 0.1) is 31.4 Å². The highest BCUT2D eigenvalue weighted by molar-refractivity contribution is 6.99. The van der Waals surface area contributed by atoms with Crippen LogP contribution in [0.1, 0.15) is 216 Å². The predicted octanol–water partition coefficient (Wildman–Crippen LogP) is 14.0. The standard InChI is InChI=1S/C64H104N2O5Si/c1-9-10-11-12-13-14-15-16-17-18-19-20-27-36-59(71-72(62(4,5)6,53-32-23-21-24-33-53)54-34-25-22-26-35-54)58(47-67)66-60(68)46-65-61(69)48-70-52-41-43-64(8)51(45-52)37-39-55-56-40-38-50(31-29-28-30-49(2)3)63(56,7)44-42-57(55)64/h21-27,32-36,49-52,55-59,67H,9-20,28-31,37-48H2,1-8H3,(H,65,69)(H,66,68)/t50-,51?,52-,55?,56?,57?,58-,59+,63+,64-/m0/s1. The molecule has 404 valence electrons. The molecule has 10 atom stereocenters. The number of carbonyl (C=O) groups is 2. The van der Waals surface area contributed by atoms with Crippen molar-refractivity contribution in [3.63, 3.8) is 0 Å². The third-order valence-electron chi connectivity index (χ3n) is 19.3. The number of carbonyl (C=O) groups excluding carboxylic acids is 2. The Morgan fingerprint density at radius 1 is 0.750 bits per heavy atom. The molecule has 2 amide bonds. The molecule has 4 aliphatic carbocycles. The number of fused-ring (bicyclic) bond motifs is 5. The van der Waals surface area contributed by atoms with Crippen LogP contribution in [-0.4, -0.2) is 63.2 Å². The second kappa shape index (κ2) is 28.4. The lowest BCUT2D eigenvalue weighted by molar-refractivity contribution is -0.143. The highest BCUT2D eigenvalue weighted by Crippen LogP contribution is 2.68. The number of ether oxygens (including phenoxy) is 1. The normalized spacial score (nSPS) is 27.2. The first-order valence-corrected chi connectivity index (χ1v) is 31.8. The SMILES string of the molecule is CCCCCCCCCCCCCC=C[C@@H](O[Si](c1ccccc1)(c1ccccc1)C(C)(C)C)[C@H](CO)NC(=O)CNC(=O)CO[C@H]1CC[C@@]2(C)C(CCC3C2CC[C@@]2(C)C3CC[C@@H]2CCCCC(C)C)C1. The molecule has 0 heterocycles. The van der Waals surface area contributed by atoms with Gasteiger partial charge in [0.1, 0.15) is 6.61 Å². The number of nitrogens with one attached hydrogen (secondary N) is 2. The van der Waals surface area contributed by atoms with Crippen molar-refractivity contribution in [3.05, 3.63) is 72.8 Å². The van der Waals surface area contributed by atoms with E-state index in [9.17, 15) is 14.7 Å². The summed E-state index contributed by atoms with van der Waals surface area (Å²) in [6.07, 6.45) is 36.0. The largest absolute Gasteiger partial charge is 0.399 e. The molecular formula is C64H104N2O5Si. The molecule has 6 rings (SSSR count). The highest BCUT2D eigenvalue weighted by atomic mass is 28.4. The number of allylic oxidation sites excluding steroid dienone is 1. The number of hydrogen-bond acceptors (Lipinski definition) is 5. The fourth-order valence-electron chi connectivity index (χ4n) is 15.1. The molecule has 0 radical (unpaired) electrons. The molecular weight excluding hydrogens is 905 g/mol. The van der Waals surface area contributed by atoms with Gasteiger partial charge in [-0.2, -0.15) is 0 Å². The van der Waals surface area contributed by atoms with Crippen LogP contribution in [0, 0.1) is 46.3 Å². The molecule has 4 saturated carbocycles. The number of rotatable bonds is 30. The van der Waals surface area contributed by atoms with Gasteiger partial charge in [-0.15, -0.1) is 0 Å². The van der Waals surface area contributed by atoms with Crippen LogP contribution in [0.25, 0.3) is 0 Å². The van der Waals surface area contributed by atoms with Gasteiger partial charge in [0.2, 0.25) is 11.8 Å². The highest BCUT2D eigenvalue weighted by Gasteiger charge is 2.60. The van der Waals surface area contributed by atoms with Crippen molar-refractivity contribution in [3.8, 4) is 0 Å². The molecule has 4 unspecified atom stereocenters. The minimum Gasteiger partial charge on any atom is -0.399 e. The van der Waals surface area contributed by atoms with E-state index in [0.29, 0.717) is 16.7 Å². The summed E-state index contributed by atoms with van der Waals surface area (Å²) >= 11 is 0. The zero-order valence-electron chi connectivity index (χ0n) is 47.0. The summed E-state index contributed by atoms with van der Waals surface area (Å²) in [6.45, 7) is 18.5. The molecule has 0 bridgehead atoms. The molecule has 0 spiro atoms. The molecule has 72 heavy (non-hydrogen) atoms. The molecule has 0 aliphatic heterocycles. The minimum absolute atomic E-state index is 0.0444. The van der Waals surface area contributed by atoms with E-state index in [0.717, 1.165) is 65.6 Å². The number of hydrogen-bond donors (Lipinski definition) is 3. The summed E-state index contributed by atoms with van der Waals surface area (Å²) in [5.41, 5.74) is 0.901. The van der Waals surface area contributed by atoms with E-state index in [2.05, 4.69) is 127 Å². The topological polar surface area (TPSA) is 96.9 Å². The average molecular weight is 1010 g/mol. The van der Waals surface area contributed by atoms with Crippen molar-refractivity contribution in [2.45, 2.75) is 239 Å². The number of unbranched alkanes of at least 4 members (excludes halogenated alkanes) is 12. The number of amides is 2. The van der Waals surface area contributed by atoms with E-state index >= 15 is 0 Å². The van der Waals surface area contributed by atoms with Gasteiger partial charge in [-0.25, -0.2) is 0 Å². The zero-order valence-corrected chi connectivity index (χ0v) is 48.0. The number of aliphatic hydroxyl groups is 1. The second-order valence-corrected chi connectivity index (χ2v) is 29.7. The van der Waals surface area contributed by atoms with Crippen molar-refractivity contribution in [1.29, 1.82) is 0 Å². The third kappa shape index (κ3) is 15.2. The van der Waals surface area contributed by atoms with Crippen LogP contribution in [0.4, 0.5) is 0 Å². The summed E-state index contributed by atoms with van der Waals surface area (Å²) in [5.74, 6) is 4.33. The lowest BCUT2D eigenvalue weighted by Gasteiger charge is -2.61. The van der Waals surface area contributed by atoms with Gasteiger partial charge in [0.15, 0.2) is 0 Å². The molecule has 7 nitrogen and oxygen atoms in total. The Morgan fingerprint density at radius 2 is 1.36 bits per heavy atom. The van der Waals surface area contributed by atoms with Crippen LogP contribution in [0.5, 0.6) is 0 Å². The monoisotopic (exact) mass is 1010 g/mol. The Kier molecular flexibility index (Phi) is 23.0. The van der Waals surface area contributed by atoms with Crippen molar-refractivity contribution in [2.75, 3.05) is 19.8 Å². The van der Waals surface area contributed by atoms with Crippen molar-refractivity contribution < 1.29 is 23.9 Å². The third-order valence-corrected chi connectivity index (χ3v) is 24.3. The Balaban J connectivity index is 1.02. The summed E-state index contributed by atoms with van der Waals surface area (Å²) in [4.78, 5) is 27.1. The zero-order chi connectivity index (χ0) is 51.6. The summed E-state index contributed by atoms with van der Waals surface area (Å²) in [7, 11) is -3.06. The first-order chi connectivity index (χ1) is 34.7. The van der Waals surface area contributed by atoms with Gasteiger partial charge in [-0.05, 0) is 139 Å². The molecule has 4 fully saturated rings.